The summed E-state index contributed by atoms with van der Waals surface area (Å²) in [7, 11) is 0. The van der Waals surface area contributed by atoms with E-state index in [4.69, 9.17) is 11.5 Å². The van der Waals surface area contributed by atoms with E-state index in [0.717, 1.165) is 0 Å². The largest absolute Gasteiger partial charge is 0.407 e. The van der Waals surface area contributed by atoms with E-state index < -0.39 is 29.9 Å². The van der Waals surface area contributed by atoms with Gasteiger partial charge in [-0.15, -0.1) is 0 Å². The number of alkyl halides is 3. The first kappa shape index (κ1) is 17.9. The van der Waals surface area contributed by atoms with E-state index in [1.807, 2.05) is 0 Å². The van der Waals surface area contributed by atoms with E-state index in [1.165, 1.54) is 36.4 Å². The van der Waals surface area contributed by atoms with E-state index >= 15 is 0 Å². The molecule has 0 radical (unpaired) electrons. The quantitative estimate of drug-likeness (QED) is 0.834. The third-order valence-corrected chi connectivity index (χ3v) is 3.85. The molecule has 2 rings (SSSR count). The summed E-state index contributed by atoms with van der Waals surface area (Å²) in [5, 5.41) is 0. The maximum Gasteiger partial charge on any atom is 0.407 e. The second kappa shape index (κ2) is 6.60. The van der Waals surface area contributed by atoms with Crippen molar-refractivity contribution in [1.82, 2.24) is 0 Å². The molecule has 7 heteroatoms. The standard InChI is InChI=1S/C17H16F4N2O/c1-9(16(23)24)12-6-7-13(14(18)8-12)10-2-4-11(5-3-10)15(22)17(19,20)21/h2-9,15H,22H2,1H3,(H2,23,24)/t9-,15-/m0/s1. The molecule has 128 valence electrons. The van der Waals surface area contributed by atoms with Crippen molar-refractivity contribution in [3.05, 3.63) is 59.4 Å². The van der Waals surface area contributed by atoms with Crippen LogP contribution in [0.5, 0.6) is 0 Å². The van der Waals surface area contributed by atoms with Crippen LogP contribution in [0.15, 0.2) is 42.5 Å². The molecule has 0 heterocycles. The third kappa shape index (κ3) is 3.73. The number of primary amides is 1. The van der Waals surface area contributed by atoms with Crippen molar-refractivity contribution in [2.45, 2.75) is 25.1 Å². The number of amides is 1. The van der Waals surface area contributed by atoms with Crippen LogP contribution in [-0.2, 0) is 4.79 Å². The predicted molar refractivity (Wildman–Crippen MR) is 82.4 cm³/mol. The summed E-state index contributed by atoms with van der Waals surface area (Å²) in [6, 6.07) is 7.30. The lowest BCUT2D eigenvalue weighted by molar-refractivity contribution is -0.149. The van der Waals surface area contributed by atoms with Gasteiger partial charge < -0.3 is 11.5 Å². The average Bonchev–Trinajstić information content (AvgIpc) is 2.52. The first-order valence-electron chi connectivity index (χ1n) is 7.12. The van der Waals surface area contributed by atoms with Crippen molar-refractivity contribution >= 4 is 5.91 Å². The Bertz CT molecular complexity index is 741. The Morgan fingerprint density at radius 3 is 2.04 bits per heavy atom. The molecule has 0 unspecified atom stereocenters. The molecular weight excluding hydrogens is 324 g/mol. The molecule has 4 N–H and O–H groups in total. The van der Waals surface area contributed by atoms with Crippen molar-refractivity contribution < 1.29 is 22.4 Å². The molecular formula is C17H16F4N2O. The topological polar surface area (TPSA) is 69.1 Å². The molecule has 2 aromatic carbocycles. The fourth-order valence-corrected chi connectivity index (χ4v) is 2.26. The number of hydrogen-bond donors (Lipinski definition) is 2. The van der Waals surface area contributed by atoms with Crippen molar-refractivity contribution in [1.29, 1.82) is 0 Å². The van der Waals surface area contributed by atoms with E-state index in [-0.39, 0.29) is 11.1 Å². The number of halogens is 4. The molecule has 2 atom stereocenters. The molecule has 0 fully saturated rings. The SMILES string of the molecule is C[C@H](C(N)=O)c1ccc(-c2ccc([C@H](N)C(F)(F)F)cc2)c(F)c1. The number of carbonyl (C=O) groups excluding carboxylic acids is 1. The fraction of sp³-hybridized carbons (Fsp3) is 0.235. The van der Waals surface area contributed by atoms with Gasteiger partial charge >= 0.3 is 6.18 Å². The monoisotopic (exact) mass is 340 g/mol. The van der Waals surface area contributed by atoms with Gasteiger partial charge in [0.25, 0.3) is 0 Å². The molecule has 3 nitrogen and oxygen atoms in total. The van der Waals surface area contributed by atoms with Gasteiger partial charge in [0.2, 0.25) is 5.91 Å². The van der Waals surface area contributed by atoms with Crippen LogP contribution >= 0.6 is 0 Å². The van der Waals surface area contributed by atoms with Crippen LogP contribution < -0.4 is 11.5 Å². The summed E-state index contributed by atoms with van der Waals surface area (Å²) >= 11 is 0. The summed E-state index contributed by atoms with van der Waals surface area (Å²) in [6.45, 7) is 1.56. The van der Waals surface area contributed by atoms with Gasteiger partial charge in [-0.2, -0.15) is 13.2 Å². The van der Waals surface area contributed by atoms with Crippen LogP contribution in [0.4, 0.5) is 17.6 Å². The molecule has 0 aliphatic rings. The fourth-order valence-electron chi connectivity index (χ4n) is 2.26. The van der Waals surface area contributed by atoms with Gasteiger partial charge in [-0.3, -0.25) is 4.79 Å². The molecule has 24 heavy (non-hydrogen) atoms. The lowest BCUT2D eigenvalue weighted by Crippen LogP contribution is -2.28. The lowest BCUT2D eigenvalue weighted by atomic mass is 9.95. The molecule has 0 spiro atoms. The highest BCUT2D eigenvalue weighted by Gasteiger charge is 2.37. The smallest absolute Gasteiger partial charge is 0.369 e. The van der Waals surface area contributed by atoms with Crippen LogP contribution in [-0.4, -0.2) is 12.1 Å². The predicted octanol–water partition coefficient (Wildman–Crippen LogP) is 3.64. The first-order valence-corrected chi connectivity index (χ1v) is 7.12. The lowest BCUT2D eigenvalue weighted by Gasteiger charge is -2.16. The van der Waals surface area contributed by atoms with E-state index in [1.54, 1.807) is 13.0 Å². The maximum absolute atomic E-state index is 14.3. The molecule has 0 aliphatic heterocycles. The Labute approximate surface area is 136 Å². The van der Waals surface area contributed by atoms with E-state index in [9.17, 15) is 22.4 Å². The minimum absolute atomic E-state index is 0.106. The minimum Gasteiger partial charge on any atom is -0.369 e. The summed E-state index contributed by atoms with van der Waals surface area (Å²) in [4.78, 5) is 11.1. The Morgan fingerprint density at radius 1 is 1.04 bits per heavy atom. The summed E-state index contributed by atoms with van der Waals surface area (Å²) in [5.41, 5.74) is 11.3. The van der Waals surface area contributed by atoms with Crippen LogP contribution in [0.25, 0.3) is 11.1 Å². The van der Waals surface area contributed by atoms with E-state index in [2.05, 4.69) is 0 Å². The zero-order valence-electron chi connectivity index (χ0n) is 12.8. The molecule has 1 amide bonds. The van der Waals surface area contributed by atoms with Gasteiger partial charge in [-0.1, -0.05) is 36.4 Å². The number of benzene rings is 2. The highest BCUT2D eigenvalue weighted by molar-refractivity contribution is 5.81. The molecule has 0 bridgehead atoms. The first-order chi connectivity index (χ1) is 11.1. The second-order valence-electron chi connectivity index (χ2n) is 5.50. The van der Waals surface area contributed by atoms with Crippen molar-refractivity contribution in [2.24, 2.45) is 11.5 Å². The molecule has 2 aromatic rings. The van der Waals surface area contributed by atoms with Crippen molar-refractivity contribution in [3.8, 4) is 11.1 Å². The highest BCUT2D eigenvalue weighted by atomic mass is 19.4. The Hall–Kier alpha value is -2.41. The normalized spacial score (nSPS) is 14.2. The van der Waals surface area contributed by atoms with Crippen LogP contribution in [0.1, 0.15) is 30.0 Å². The minimum atomic E-state index is -4.54. The van der Waals surface area contributed by atoms with Crippen LogP contribution in [0.2, 0.25) is 0 Å². The Morgan fingerprint density at radius 2 is 1.58 bits per heavy atom. The van der Waals surface area contributed by atoms with Crippen molar-refractivity contribution in [2.75, 3.05) is 0 Å². The summed E-state index contributed by atoms with van der Waals surface area (Å²) in [5.74, 6) is -1.80. The van der Waals surface area contributed by atoms with Crippen molar-refractivity contribution in [3.63, 3.8) is 0 Å². The number of hydrogen-bond acceptors (Lipinski definition) is 2. The van der Waals surface area contributed by atoms with Crippen LogP contribution in [0, 0.1) is 5.82 Å². The molecule has 0 aromatic heterocycles. The number of carbonyl (C=O) groups is 1. The summed E-state index contributed by atoms with van der Waals surface area (Å²) < 4.78 is 52.0. The molecule has 0 saturated heterocycles. The molecule has 0 saturated carbocycles. The maximum atomic E-state index is 14.3. The van der Waals surface area contributed by atoms with Gasteiger partial charge in [-0.05, 0) is 29.7 Å². The van der Waals surface area contributed by atoms with Crippen LogP contribution in [0.3, 0.4) is 0 Å². The second-order valence-corrected chi connectivity index (χ2v) is 5.50. The van der Waals surface area contributed by atoms with E-state index in [0.29, 0.717) is 11.1 Å². The zero-order chi connectivity index (χ0) is 18.1. The average molecular weight is 340 g/mol. The number of rotatable bonds is 4. The molecule has 0 aliphatic carbocycles. The zero-order valence-corrected chi connectivity index (χ0v) is 12.8. The third-order valence-electron chi connectivity index (χ3n) is 3.85. The Balaban J connectivity index is 2.31. The number of nitrogens with two attached hydrogens (primary N) is 2. The van der Waals surface area contributed by atoms with Gasteiger partial charge in [-0.25, -0.2) is 4.39 Å². The van der Waals surface area contributed by atoms with Gasteiger partial charge in [0, 0.05) is 5.56 Å². The van der Waals surface area contributed by atoms with Gasteiger partial charge in [0.15, 0.2) is 0 Å². The Kier molecular flexibility index (Phi) is 4.94. The van der Waals surface area contributed by atoms with Gasteiger partial charge in [0.05, 0.1) is 5.92 Å². The summed E-state index contributed by atoms with van der Waals surface area (Å²) in [6.07, 6.45) is -4.54. The highest BCUT2D eigenvalue weighted by Crippen LogP contribution is 2.32. The van der Waals surface area contributed by atoms with Gasteiger partial charge in [0.1, 0.15) is 11.9 Å².